The first kappa shape index (κ1) is 13.0. The van der Waals surface area contributed by atoms with E-state index in [2.05, 4.69) is 10.4 Å². The van der Waals surface area contributed by atoms with E-state index in [0.717, 1.165) is 5.69 Å². The van der Waals surface area contributed by atoms with Gasteiger partial charge in [0.05, 0.1) is 24.2 Å². The lowest BCUT2D eigenvalue weighted by molar-refractivity contribution is 0.0942. The van der Waals surface area contributed by atoms with Crippen molar-refractivity contribution in [1.29, 1.82) is 0 Å². The molecule has 0 unspecified atom stereocenters. The minimum absolute atomic E-state index is 0.264. The summed E-state index contributed by atoms with van der Waals surface area (Å²) < 4.78 is 6.73. The Labute approximate surface area is 121 Å². The van der Waals surface area contributed by atoms with Crippen LogP contribution >= 0.6 is 0 Å². The fraction of sp³-hybridized carbons (Fsp3) is 0.0667. The SMILES string of the molecule is Nc1ccccc1-n1ccc(C(=O)NCc2ccco2)n1. The van der Waals surface area contributed by atoms with Crippen molar-refractivity contribution in [2.75, 3.05) is 5.73 Å². The summed E-state index contributed by atoms with van der Waals surface area (Å²) >= 11 is 0. The maximum atomic E-state index is 12.0. The predicted molar refractivity (Wildman–Crippen MR) is 77.9 cm³/mol. The Kier molecular flexibility index (Phi) is 3.42. The first-order valence-corrected chi connectivity index (χ1v) is 6.45. The number of carbonyl (C=O) groups excluding carboxylic acids is 1. The Morgan fingerprint density at radius 1 is 1.24 bits per heavy atom. The molecule has 3 N–H and O–H groups in total. The minimum Gasteiger partial charge on any atom is -0.467 e. The van der Waals surface area contributed by atoms with Crippen LogP contribution in [0.5, 0.6) is 0 Å². The largest absolute Gasteiger partial charge is 0.467 e. The van der Waals surface area contributed by atoms with Crippen LogP contribution in [0.4, 0.5) is 5.69 Å². The van der Waals surface area contributed by atoms with E-state index in [0.29, 0.717) is 23.7 Å². The second-order valence-corrected chi connectivity index (χ2v) is 4.47. The van der Waals surface area contributed by atoms with Gasteiger partial charge in [-0.25, -0.2) is 4.68 Å². The van der Waals surface area contributed by atoms with E-state index in [-0.39, 0.29) is 5.91 Å². The molecule has 1 amide bonds. The fourth-order valence-electron chi connectivity index (χ4n) is 1.95. The Bertz CT molecular complexity index is 747. The summed E-state index contributed by atoms with van der Waals surface area (Å²) in [5, 5.41) is 6.98. The summed E-state index contributed by atoms with van der Waals surface area (Å²) in [5.41, 5.74) is 7.55. The van der Waals surface area contributed by atoms with Crippen LogP contribution in [0.3, 0.4) is 0 Å². The highest BCUT2D eigenvalue weighted by molar-refractivity contribution is 5.92. The van der Waals surface area contributed by atoms with Crippen molar-refractivity contribution in [3.8, 4) is 5.69 Å². The maximum Gasteiger partial charge on any atom is 0.272 e. The molecule has 3 aromatic rings. The van der Waals surface area contributed by atoms with Gasteiger partial charge in [-0.3, -0.25) is 4.79 Å². The van der Waals surface area contributed by atoms with Crippen molar-refractivity contribution in [3.05, 3.63) is 66.4 Å². The predicted octanol–water partition coefficient (Wildman–Crippen LogP) is 1.98. The second-order valence-electron chi connectivity index (χ2n) is 4.47. The average Bonchev–Trinajstić information content (AvgIpc) is 3.17. The van der Waals surface area contributed by atoms with E-state index in [4.69, 9.17) is 10.2 Å². The lowest BCUT2D eigenvalue weighted by Crippen LogP contribution is -2.23. The zero-order chi connectivity index (χ0) is 14.7. The van der Waals surface area contributed by atoms with E-state index < -0.39 is 0 Å². The van der Waals surface area contributed by atoms with Crippen LogP contribution in [0.2, 0.25) is 0 Å². The molecular weight excluding hydrogens is 268 g/mol. The molecule has 6 nitrogen and oxygen atoms in total. The quantitative estimate of drug-likeness (QED) is 0.716. The number of aromatic nitrogens is 2. The Morgan fingerprint density at radius 2 is 2.10 bits per heavy atom. The van der Waals surface area contributed by atoms with Crippen LogP contribution in [-0.4, -0.2) is 15.7 Å². The standard InChI is InChI=1S/C15H14N4O2/c16-12-5-1-2-6-14(12)19-8-7-13(18-19)15(20)17-10-11-4-3-9-21-11/h1-9H,10,16H2,(H,17,20). The number of anilines is 1. The van der Waals surface area contributed by atoms with Gasteiger partial charge in [-0.05, 0) is 30.3 Å². The zero-order valence-electron chi connectivity index (χ0n) is 11.2. The Balaban J connectivity index is 1.73. The van der Waals surface area contributed by atoms with Gasteiger partial charge in [0.2, 0.25) is 0 Å². The van der Waals surface area contributed by atoms with Crippen LogP contribution in [0.15, 0.2) is 59.3 Å². The molecule has 0 aliphatic rings. The number of nitrogen functional groups attached to an aromatic ring is 1. The van der Waals surface area contributed by atoms with Gasteiger partial charge in [0.1, 0.15) is 5.76 Å². The van der Waals surface area contributed by atoms with E-state index in [1.807, 2.05) is 18.2 Å². The number of hydrogen-bond acceptors (Lipinski definition) is 4. The van der Waals surface area contributed by atoms with Gasteiger partial charge in [0.25, 0.3) is 5.91 Å². The van der Waals surface area contributed by atoms with Gasteiger partial charge >= 0.3 is 0 Å². The summed E-state index contributed by atoms with van der Waals surface area (Å²) in [6, 6.07) is 12.5. The summed E-state index contributed by atoms with van der Waals surface area (Å²) in [6.07, 6.45) is 3.27. The van der Waals surface area contributed by atoms with Crippen LogP contribution in [-0.2, 0) is 6.54 Å². The molecule has 0 saturated carbocycles. The number of nitrogens with zero attached hydrogens (tertiary/aromatic N) is 2. The number of carbonyl (C=O) groups is 1. The molecule has 0 fully saturated rings. The first-order chi connectivity index (χ1) is 10.2. The van der Waals surface area contributed by atoms with E-state index in [1.165, 1.54) is 0 Å². The molecule has 2 aromatic heterocycles. The second kappa shape index (κ2) is 5.54. The third kappa shape index (κ3) is 2.79. The average molecular weight is 282 g/mol. The topological polar surface area (TPSA) is 86.1 Å². The molecule has 0 atom stereocenters. The number of rotatable bonds is 4. The third-order valence-electron chi connectivity index (χ3n) is 3.01. The van der Waals surface area contributed by atoms with Crippen molar-refractivity contribution in [2.45, 2.75) is 6.54 Å². The number of nitrogens with one attached hydrogen (secondary N) is 1. The van der Waals surface area contributed by atoms with Gasteiger partial charge in [-0.1, -0.05) is 12.1 Å². The van der Waals surface area contributed by atoms with Gasteiger partial charge in [-0.2, -0.15) is 5.10 Å². The van der Waals surface area contributed by atoms with E-state index >= 15 is 0 Å². The molecule has 21 heavy (non-hydrogen) atoms. The summed E-state index contributed by atoms with van der Waals surface area (Å²) in [5.74, 6) is 0.426. The number of amides is 1. The zero-order valence-corrected chi connectivity index (χ0v) is 11.2. The number of para-hydroxylation sites is 2. The van der Waals surface area contributed by atoms with Gasteiger partial charge in [0, 0.05) is 6.20 Å². The molecule has 0 aliphatic carbocycles. The van der Waals surface area contributed by atoms with Crippen LogP contribution < -0.4 is 11.1 Å². The minimum atomic E-state index is -0.264. The molecule has 2 heterocycles. The smallest absolute Gasteiger partial charge is 0.272 e. The lowest BCUT2D eigenvalue weighted by atomic mass is 10.3. The monoisotopic (exact) mass is 282 g/mol. The van der Waals surface area contributed by atoms with Gasteiger partial charge < -0.3 is 15.5 Å². The molecule has 3 rings (SSSR count). The molecule has 0 saturated heterocycles. The molecule has 0 spiro atoms. The number of hydrogen-bond donors (Lipinski definition) is 2. The Morgan fingerprint density at radius 3 is 2.86 bits per heavy atom. The van der Waals surface area contributed by atoms with Crippen LogP contribution in [0.25, 0.3) is 5.69 Å². The molecule has 0 bridgehead atoms. The van der Waals surface area contributed by atoms with Gasteiger partial charge in [-0.15, -0.1) is 0 Å². The Hall–Kier alpha value is -3.02. The fourth-order valence-corrected chi connectivity index (χ4v) is 1.95. The van der Waals surface area contributed by atoms with Crippen molar-refractivity contribution in [1.82, 2.24) is 15.1 Å². The van der Waals surface area contributed by atoms with Crippen molar-refractivity contribution in [3.63, 3.8) is 0 Å². The highest BCUT2D eigenvalue weighted by Crippen LogP contribution is 2.15. The van der Waals surface area contributed by atoms with Crippen LogP contribution in [0, 0.1) is 0 Å². The lowest BCUT2D eigenvalue weighted by Gasteiger charge is -2.04. The molecule has 106 valence electrons. The normalized spacial score (nSPS) is 10.5. The molecule has 0 aliphatic heterocycles. The van der Waals surface area contributed by atoms with Crippen molar-refractivity contribution in [2.24, 2.45) is 0 Å². The van der Waals surface area contributed by atoms with Crippen LogP contribution in [0.1, 0.15) is 16.2 Å². The third-order valence-corrected chi connectivity index (χ3v) is 3.01. The highest BCUT2D eigenvalue weighted by Gasteiger charge is 2.11. The maximum absolute atomic E-state index is 12.0. The number of nitrogens with two attached hydrogens (primary N) is 1. The summed E-state index contributed by atoms with van der Waals surface area (Å²) in [6.45, 7) is 0.326. The molecule has 0 radical (unpaired) electrons. The molecule has 1 aromatic carbocycles. The number of furan rings is 1. The van der Waals surface area contributed by atoms with Gasteiger partial charge in [0.15, 0.2) is 5.69 Å². The summed E-state index contributed by atoms with van der Waals surface area (Å²) in [4.78, 5) is 12.0. The first-order valence-electron chi connectivity index (χ1n) is 6.45. The molecule has 6 heteroatoms. The van der Waals surface area contributed by atoms with E-state index in [1.54, 1.807) is 41.4 Å². The van der Waals surface area contributed by atoms with Crippen molar-refractivity contribution < 1.29 is 9.21 Å². The highest BCUT2D eigenvalue weighted by atomic mass is 16.3. The summed E-state index contributed by atoms with van der Waals surface area (Å²) in [7, 11) is 0. The molecular formula is C15H14N4O2. The number of benzene rings is 1. The van der Waals surface area contributed by atoms with Crippen molar-refractivity contribution >= 4 is 11.6 Å². The van der Waals surface area contributed by atoms with E-state index in [9.17, 15) is 4.79 Å².